The molecule has 0 unspecified atom stereocenters. The number of carboxylic acids is 1. The van der Waals surface area contributed by atoms with E-state index in [-0.39, 0.29) is 11.3 Å². The zero-order chi connectivity index (χ0) is 16.0. The van der Waals surface area contributed by atoms with Crippen LogP contribution in [0.3, 0.4) is 0 Å². The van der Waals surface area contributed by atoms with Gasteiger partial charge in [-0.15, -0.1) is 0 Å². The molecule has 4 nitrogen and oxygen atoms in total. The molecule has 0 aliphatic carbocycles. The van der Waals surface area contributed by atoms with Crippen molar-refractivity contribution in [2.45, 2.75) is 33.7 Å². The van der Waals surface area contributed by atoms with Crippen molar-refractivity contribution in [2.75, 3.05) is 7.05 Å². The third kappa shape index (κ3) is 5.06. The number of hydrogen-bond donors (Lipinski definition) is 1. The number of amides is 1. The van der Waals surface area contributed by atoms with Crippen molar-refractivity contribution in [1.82, 2.24) is 4.90 Å². The number of rotatable bonds is 6. The summed E-state index contributed by atoms with van der Waals surface area (Å²) in [5, 5.41) is 8.64. The van der Waals surface area contributed by atoms with Gasteiger partial charge in [0, 0.05) is 25.1 Å². The number of benzene rings is 1. The molecule has 0 aliphatic rings. The molecule has 4 heteroatoms. The smallest absolute Gasteiger partial charge is 0.328 e. The molecule has 0 fully saturated rings. The molecule has 1 N–H and O–H groups in total. The van der Waals surface area contributed by atoms with Crippen LogP contribution in [0.15, 0.2) is 30.3 Å². The molecule has 1 aromatic rings. The first kappa shape index (κ1) is 17.0. The van der Waals surface area contributed by atoms with Crippen molar-refractivity contribution in [3.05, 3.63) is 41.5 Å². The van der Waals surface area contributed by atoms with Crippen molar-refractivity contribution in [2.24, 2.45) is 5.41 Å². The van der Waals surface area contributed by atoms with Gasteiger partial charge in [-0.25, -0.2) is 4.79 Å². The van der Waals surface area contributed by atoms with Gasteiger partial charge in [-0.05, 0) is 29.7 Å². The van der Waals surface area contributed by atoms with E-state index in [0.29, 0.717) is 6.54 Å². The molecular formula is C17H23NO3. The predicted octanol–water partition coefficient (Wildman–Crippen LogP) is 3.18. The Hall–Kier alpha value is -2.10. The lowest BCUT2D eigenvalue weighted by Crippen LogP contribution is -2.37. The Morgan fingerprint density at radius 1 is 1.33 bits per heavy atom. The highest BCUT2D eigenvalue weighted by atomic mass is 16.4. The first-order valence-electron chi connectivity index (χ1n) is 7.02. The normalized spacial score (nSPS) is 11.6. The van der Waals surface area contributed by atoms with Gasteiger partial charge in [0.25, 0.3) is 0 Å². The molecule has 0 saturated carbocycles. The van der Waals surface area contributed by atoms with Gasteiger partial charge < -0.3 is 10.0 Å². The molecule has 0 bridgehead atoms. The maximum atomic E-state index is 12.3. The van der Waals surface area contributed by atoms with Gasteiger partial charge in [0.05, 0.1) is 0 Å². The van der Waals surface area contributed by atoms with Crippen LogP contribution in [-0.2, 0) is 16.1 Å². The number of nitrogens with zero attached hydrogens (tertiary/aromatic N) is 1. The lowest BCUT2D eigenvalue weighted by atomic mass is 9.88. The minimum absolute atomic E-state index is 0.108. The van der Waals surface area contributed by atoms with E-state index in [1.807, 2.05) is 45.0 Å². The third-order valence-electron chi connectivity index (χ3n) is 3.60. The Bertz CT molecular complexity index is 547. The highest BCUT2D eigenvalue weighted by molar-refractivity contribution is 5.85. The van der Waals surface area contributed by atoms with Gasteiger partial charge >= 0.3 is 5.97 Å². The maximum absolute atomic E-state index is 12.3. The molecule has 0 saturated heterocycles. The van der Waals surface area contributed by atoms with Crippen molar-refractivity contribution in [3.63, 3.8) is 0 Å². The Morgan fingerprint density at radius 2 is 2.00 bits per heavy atom. The SMILES string of the molecule is CCC(C)(C)C(=O)N(C)Cc1cccc(C=CC(=O)O)c1. The summed E-state index contributed by atoms with van der Waals surface area (Å²) in [4.78, 5) is 24.6. The van der Waals surface area contributed by atoms with E-state index >= 15 is 0 Å². The molecule has 0 spiro atoms. The van der Waals surface area contributed by atoms with Crippen LogP contribution in [0.2, 0.25) is 0 Å². The summed E-state index contributed by atoms with van der Waals surface area (Å²) in [5.41, 5.74) is 1.42. The van der Waals surface area contributed by atoms with Crippen molar-refractivity contribution < 1.29 is 14.7 Å². The molecule has 114 valence electrons. The Labute approximate surface area is 126 Å². The largest absolute Gasteiger partial charge is 0.478 e. The van der Waals surface area contributed by atoms with E-state index in [4.69, 9.17) is 5.11 Å². The lowest BCUT2D eigenvalue weighted by Gasteiger charge is -2.28. The summed E-state index contributed by atoms with van der Waals surface area (Å²) in [6.07, 6.45) is 3.44. The fraction of sp³-hybridized carbons (Fsp3) is 0.412. The van der Waals surface area contributed by atoms with Crippen LogP contribution in [0, 0.1) is 5.41 Å². The van der Waals surface area contributed by atoms with Crippen LogP contribution in [0.4, 0.5) is 0 Å². The third-order valence-corrected chi connectivity index (χ3v) is 3.60. The Balaban J connectivity index is 2.82. The van der Waals surface area contributed by atoms with Crippen molar-refractivity contribution >= 4 is 18.0 Å². The van der Waals surface area contributed by atoms with E-state index in [0.717, 1.165) is 23.6 Å². The van der Waals surface area contributed by atoms with Crippen LogP contribution in [0.5, 0.6) is 0 Å². The van der Waals surface area contributed by atoms with E-state index in [9.17, 15) is 9.59 Å². The highest BCUT2D eigenvalue weighted by Gasteiger charge is 2.28. The predicted molar refractivity (Wildman–Crippen MR) is 83.7 cm³/mol. The summed E-state index contributed by atoms with van der Waals surface area (Å²) >= 11 is 0. The quantitative estimate of drug-likeness (QED) is 0.818. The topological polar surface area (TPSA) is 57.6 Å². The van der Waals surface area contributed by atoms with E-state index in [2.05, 4.69) is 0 Å². The van der Waals surface area contributed by atoms with Gasteiger partial charge in [0.15, 0.2) is 0 Å². The molecule has 1 amide bonds. The van der Waals surface area contributed by atoms with Gasteiger partial charge in [0.2, 0.25) is 5.91 Å². The monoisotopic (exact) mass is 289 g/mol. The van der Waals surface area contributed by atoms with Crippen LogP contribution in [0.1, 0.15) is 38.3 Å². The second kappa shape index (κ2) is 7.07. The van der Waals surface area contributed by atoms with Crippen LogP contribution < -0.4 is 0 Å². The standard InChI is InChI=1S/C17H23NO3/c1-5-17(2,3)16(21)18(4)12-14-8-6-7-13(11-14)9-10-15(19)20/h6-11H,5,12H2,1-4H3,(H,19,20). The molecule has 0 aliphatic heterocycles. The van der Waals surface area contributed by atoms with E-state index < -0.39 is 5.97 Å². The first-order valence-corrected chi connectivity index (χ1v) is 7.02. The zero-order valence-corrected chi connectivity index (χ0v) is 13.1. The fourth-order valence-electron chi connectivity index (χ4n) is 1.98. The second-order valence-corrected chi connectivity index (χ2v) is 5.82. The molecular weight excluding hydrogens is 266 g/mol. The second-order valence-electron chi connectivity index (χ2n) is 5.82. The molecule has 21 heavy (non-hydrogen) atoms. The van der Waals surface area contributed by atoms with E-state index in [1.54, 1.807) is 18.0 Å². The first-order chi connectivity index (χ1) is 9.76. The van der Waals surface area contributed by atoms with Crippen molar-refractivity contribution in [1.29, 1.82) is 0 Å². The van der Waals surface area contributed by atoms with Gasteiger partial charge in [-0.2, -0.15) is 0 Å². The Morgan fingerprint density at radius 3 is 2.57 bits per heavy atom. The molecule has 1 aromatic carbocycles. The molecule has 0 heterocycles. The van der Waals surface area contributed by atoms with Crippen LogP contribution >= 0.6 is 0 Å². The van der Waals surface area contributed by atoms with Crippen molar-refractivity contribution in [3.8, 4) is 0 Å². The summed E-state index contributed by atoms with van der Waals surface area (Å²) in [7, 11) is 1.79. The molecule has 1 rings (SSSR count). The minimum atomic E-state index is -0.975. The highest BCUT2D eigenvalue weighted by Crippen LogP contribution is 2.23. The average Bonchev–Trinajstić information content (AvgIpc) is 2.44. The summed E-state index contributed by atoms with van der Waals surface area (Å²) < 4.78 is 0. The van der Waals surface area contributed by atoms with Crippen LogP contribution in [-0.4, -0.2) is 28.9 Å². The fourth-order valence-corrected chi connectivity index (χ4v) is 1.98. The number of carbonyl (C=O) groups is 2. The summed E-state index contributed by atoms with van der Waals surface area (Å²) in [6, 6.07) is 7.52. The minimum Gasteiger partial charge on any atom is -0.478 e. The summed E-state index contributed by atoms with van der Waals surface area (Å²) in [5.74, 6) is -0.867. The number of carboxylic acid groups (broad SMARTS) is 1. The lowest BCUT2D eigenvalue weighted by molar-refractivity contribution is -0.139. The van der Waals surface area contributed by atoms with E-state index in [1.165, 1.54) is 0 Å². The Kier molecular flexibility index (Phi) is 5.70. The average molecular weight is 289 g/mol. The van der Waals surface area contributed by atoms with Crippen LogP contribution in [0.25, 0.3) is 6.08 Å². The summed E-state index contributed by atoms with van der Waals surface area (Å²) in [6.45, 7) is 6.40. The molecule has 0 aromatic heterocycles. The van der Waals surface area contributed by atoms with Gasteiger partial charge in [-0.1, -0.05) is 39.0 Å². The number of aliphatic carboxylic acids is 1. The van der Waals surface area contributed by atoms with Gasteiger partial charge in [-0.3, -0.25) is 4.79 Å². The molecule has 0 radical (unpaired) electrons. The zero-order valence-electron chi connectivity index (χ0n) is 13.1. The van der Waals surface area contributed by atoms with Gasteiger partial charge in [0.1, 0.15) is 0 Å². The maximum Gasteiger partial charge on any atom is 0.328 e. The number of hydrogen-bond acceptors (Lipinski definition) is 2. The number of carbonyl (C=O) groups excluding carboxylic acids is 1. The molecule has 0 atom stereocenters.